The van der Waals surface area contributed by atoms with Gasteiger partial charge in [0.25, 0.3) is 5.91 Å². The number of nitrogens with zero attached hydrogens (tertiary/aromatic N) is 1. The molecule has 0 spiro atoms. The Labute approximate surface area is 168 Å². The minimum absolute atomic E-state index is 0.217. The summed E-state index contributed by atoms with van der Waals surface area (Å²) in [5.74, 6) is -0.230. The molecular weight excluding hydrogens is 368 g/mol. The van der Waals surface area contributed by atoms with Crippen LogP contribution in [0.25, 0.3) is 0 Å². The summed E-state index contributed by atoms with van der Waals surface area (Å²) in [6.45, 7) is 1.48. The summed E-state index contributed by atoms with van der Waals surface area (Å²) in [5, 5.41) is 11.5. The summed E-state index contributed by atoms with van der Waals surface area (Å²) in [6, 6.07) is 24.1. The molecule has 1 N–H and O–H groups in total. The lowest BCUT2D eigenvalue weighted by Gasteiger charge is -2.15. The van der Waals surface area contributed by atoms with Crippen LogP contribution in [0.15, 0.2) is 78.9 Å². The van der Waals surface area contributed by atoms with Gasteiger partial charge < -0.3 is 14.8 Å². The number of para-hydroxylation sites is 2. The van der Waals surface area contributed by atoms with Gasteiger partial charge in [-0.2, -0.15) is 5.26 Å². The summed E-state index contributed by atoms with van der Waals surface area (Å²) >= 11 is 0. The normalized spacial score (nSPS) is 11.0. The number of amides is 1. The van der Waals surface area contributed by atoms with E-state index in [1.165, 1.54) is 6.92 Å². The van der Waals surface area contributed by atoms with Crippen LogP contribution in [0.1, 0.15) is 22.8 Å². The quantitative estimate of drug-likeness (QED) is 0.629. The smallest absolute Gasteiger partial charge is 0.342 e. The second-order valence-corrected chi connectivity index (χ2v) is 6.14. The molecule has 0 unspecified atom stereocenters. The molecule has 144 valence electrons. The molecule has 0 radical (unpaired) electrons. The van der Waals surface area contributed by atoms with E-state index >= 15 is 0 Å². The summed E-state index contributed by atoms with van der Waals surface area (Å²) in [7, 11) is 0. The Morgan fingerprint density at radius 3 is 2.28 bits per heavy atom. The van der Waals surface area contributed by atoms with Gasteiger partial charge in [-0.05, 0) is 55.5 Å². The number of nitriles is 1. The third kappa shape index (κ3) is 5.21. The fourth-order valence-corrected chi connectivity index (χ4v) is 2.49. The summed E-state index contributed by atoms with van der Waals surface area (Å²) in [6.07, 6.45) is -1.03. The number of carbonyl (C=O) groups excluding carboxylic acids is 2. The maximum atomic E-state index is 12.6. The topological polar surface area (TPSA) is 88.4 Å². The van der Waals surface area contributed by atoms with Crippen LogP contribution < -0.4 is 10.1 Å². The highest BCUT2D eigenvalue weighted by atomic mass is 16.5. The zero-order valence-electron chi connectivity index (χ0n) is 15.7. The Bertz CT molecular complexity index is 1040. The number of benzene rings is 3. The van der Waals surface area contributed by atoms with Crippen molar-refractivity contribution in [3.63, 3.8) is 0 Å². The predicted octanol–water partition coefficient (Wildman–Crippen LogP) is 4.53. The lowest BCUT2D eigenvalue weighted by molar-refractivity contribution is -0.123. The molecule has 0 aliphatic carbocycles. The highest BCUT2D eigenvalue weighted by Gasteiger charge is 2.21. The SMILES string of the molecule is C[C@H](OC(=O)c1ccccc1Oc1ccccc1)C(=O)Nc1ccc(C#N)cc1. The summed E-state index contributed by atoms with van der Waals surface area (Å²) in [5.41, 5.74) is 1.21. The molecule has 6 heteroatoms. The van der Waals surface area contributed by atoms with E-state index in [4.69, 9.17) is 14.7 Å². The molecule has 0 fully saturated rings. The van der Waals surface area contributed by atoms with E-state index in [9.17, 15) is 9.59 Å². The second-order valence-electron chi connectivity index (χ2n) is 6.14. The van der Waals surface area contributed by atoms with Gasteiger partial charge in [-0.3, -0.25) is 4.79 Å². The average Bonchev–Trinajstić information content (AvgIpc) is 2.75. The first kappa shape index (κ1) is 19.6. The number of ether oxygens (including phenoxy) is 2. The number of rotatable bonds is 6. The van der Waals surface area contributed by atoms with E-state index in [1.54, 1.807) is 60.7 Å². The van der Waals surface area contributed by atoms with Crippen molar-refractivity contribution in [2.75, 3.05) is 5.32 Å². The van der Waals surface area contributed by atoms with Crippen LogP contribution >= 0.6 is 0 Å². The van der Waals surface area contributed by atoms with Crippen molar-refractivity contribution in [1.29, 1.82) is 5.26 Å². The van der Waals surface area contributed by atoms with Crippen LogP contribution in [0.3, 0.4) is 0 Å². The molecule has 3 rings (SSSR count). The van der Waals surface area contributed by atoms with Gasteiger partial charge >= 0.3 is 5.97 Å². The highest BCUT2D eigenvalue weighted by Crippen LogP contribution is 2.26. The van der Waals surface area contributed by atoms with Gasteiger partial charge in [-0.25, -0.2) is 4.79 Å². The van der Waals surface area contributed by atoms with Crippen LogP contribution in [0, 0.1) is 11.3 Å². The number of hydrogen-bond donors (Lipinski definition) is 1. The number of carbonyl (C=O) groups is 2. The van der Waals surface area contributed by atoms with Crippen LogP contribution in [-0.2, 0) is 9.53 Å². The van der Waals surface area contributed by atoms with Crippen LogP contribution in [0.5, 0.6) is 11.5 Å². The number of anilines is 1. The molecule has 1 atom stereocenters. The fourth-order valence-electron chi connectivity index (χ4n) is 2.49. The van der Waals surface area contributed by atoms with Crippen molar-refractivity contribution in [3.8, 4) is 17.6 Å². The second kappa shape index (κ2) is 9.20. The van der Waals surface area contributed by atoms with E-state index in [1.807, 2.05) is 24.3 Å². The van der Waals surface area contributed by atoms with Gasteiger partial charge in [0.2, 0.25) is 0 Å². The van der Waals surface area contributed by atoms with Gasteiger partial charge in [-0.15, -0.1) is 0 Å². The Hall–Kier alpha value is -4.11. The van der Waals surface area contributed by atoms with Gasteiger partial charge in [0.1, 0.15) is 17.1 Å². The van der Waals surface area contributed by atoms with Crippen molar-refractivity contribution in [2.45, 2.75) is 13.0 Å². The van der Waals surface area contributed by atoms with E-state index < -0.39 is 18.0 Å². The third-order valence-electron chi connectivity index (χ3n) is 4.01. The average molecular weight is 386 g/mol. The first-order valence-corrected chi connectivity index (χ1v) is 8.91. The molecule has 0 aromatic heterocycles. The number of esters is 1. The lowest BCUT2D eigenvalue weighted by atomic mass is 10.2. The standard InChI is InChI=1S/C23H18N2O4/c1-16(22(26)25-18-13-11-17(15-24)12-14-18)28-23(27)20-9-5-6-10-21(20)29-19-7-3-2-4-8-19/h2-14,16H,1H3,(H,25,26)/t16-/m0/s1. The molecule has 29 heavy (non-hydrogen) atoms. The summed E-state index contributed by atoms with van der Waals surface area (Å²) < 4.78 is 11.1. The Morgan fingerprint density at radius 2 is 1.59 bits per heavy atom. The first-order chi connectivity index (χ1) is 14.1. The largest absolute Gasteiger partial charge is 0.456 e. The molecule has 0 heterocycles. The zero-order chi connectivity index (χ0) is 20.6. The monoisotopic (exact) mass is 386 g/mol. The minimum Gasteiger partial charge on any atom is -0.456 e. The molecule has 0 aliphatic rings. The van der Waals surface area contributed by atoms with Crippen molar-refractivity contribution < 1.29 is 19.1 Å². The van der Waals surface area contributed by atoms with Crippen LogP contribution in [-0.4, -0.2) is 18.0 Å². The molecule has 3 aromatic rings. The zero-order valence-corrected chi connectivity index (χ0v) is 15.7. The molecule has 0 bridgehead atoms. The van der Waals surface area contributed by atoms with Crippen LogP contribution in [0.4, 0.5) is 5.69 Å². The van der Waals surface area contributed by atoms with E-state index in [0.29, 0.717) is 22.7 Å². The van der Waals surface area contributed by atoms with Crippen molar-refractivity contribution in [3.05, 3.63) is 90.0 Å². The molecule has 1 amide bonds. The maximum Gasteiger partial charge on any atom is 0.342 e. The van der Waals surface area contributed by atoms with Gasteiger partial charge in [0.15, 0.2) is 6.10 Å². The lowest BCUT2D eigenvalue weighted by Crippen LogP contribution is -2.30. The molecular formula is C23H18N2O4. The van der Waals surface area contributed by atoms with E-state index in [0.717, 1.165) is 0 Å². The first-order valence-electron chi connectivity index (χ1n) is 8.91. The number of hydrogen-bond acceptors (Lipinski definition) is 5. The highest BCUT2D eigenvalue weighted by molar-refractivity contribution is 5.98. The van der Waals surface area contributed by atoms with Gasteiger partial charge in [0, 0.05) is 5.69 Å². The predicted molar refractivity (Wildman–Crippen MR) is 108 cm³/mol. The Balaban J connectivity index is 1.66. The van der Waals surface area contributed by atoms with Crippen molar-refractivity contribution >= 4 is 17.6 Å². The van der Waals surface area contributed by atoms with E-state index in [-0.39, 0.29) is 5.56 Å². The van der Waals surface area contributed by atoms with Gasteiger partial charge in [-0.1, -0.05) is 30.3 Å². The van der Waals surface area contributed by atoms with Gasteiger partial charge in [0.05, 0.1) is 11.6 Å². The van der Waals surface area contributed by atoms with Crippen molar-refractivity contribution in [2.24, 2.45) is 0 Å². The molecule has 0 saturated heterocycles. The molecule has 6 nitrogen and oxygen atoms in total. The fraction of sp³-hybridized carbons (Fsp3) is 0.0870. The number of nitrogens with one attached hydrogen (secondary N) is 1. The van der Waals surface area contributed by atoms with Crippen LogP contribution in [0.2, 0.25) is 0 Å². The molecule has 0 saturated carbocycles. The van der Waals surface area contributed by atoms with Crippen molar-refractivity contribution in [1.82, 2.24) is 0 Å². The third-order valence-corrected chi connectivity index (χ3v) is 4.01. The Kier molecular flexibility index (Phi) is 6.23. The summed E-state index contributed by atoms with van der Waals surface area (Å²) in [4.78, 5) is 24.9. The Morgan fingerprint density at radius 1 is 0.931 bits per heavy atom. The van der Waals surface area contributed by atoms with E-state index in [2.05, 4.69) is 5.32 Å². The molecule has 0 aliphatic heterocycles. The minimum atomic E-state index is -1.03. The molecule has 3 aromatic carbocycles. The maximum absolute atomic E-state index is 12.6.